The Hall–Kier alpha value is -1.35. The summed E-state index contributed by atoms with van der Waals surface area (Å²) in [5.41, 5.74) is 8.84. The average molecular weight is 331 g/mol. The topological polar surface area (TPSA) is 52.0 Å². The number of oxazole rings is 1. The van der Waals surface area contributed by atoms with Crippen LogP contribution < -0.4 is 5.73 Å². The number of aromatic nitrogens is 1. The maximum absolute atomic E-state index is 5.81. The number of fused-ring (bicyclic) bond motifs is 1. The Balaban J connectivity index is 1.70. The van der Waals surface area contributed by atoms with Gasteiger partial charge < -0.3 is 10.2 Å². The molecule has 0 saturated carbocycles. The predicted octanol–water partition coefficient (Wildman–Crippen LogP) is 5.79. The number of aryl methyl sites for hydroxylation is 2. The Morgan fingerprint density at radius 3 is 2.33 bits per heavy atom. The van der Waals surface area contributed by atoms with Crippen molar-refractivity contribution in [1.82, 2.24) is 4.98 Å². The van der Waals surface area contributed by atoms with Crippen molar-refractivity contribution in [3.63, 3.8) is 0 Å². The fourth-order valence-corrected chi connectivity index (χ4v) is 3.17. The van der Waals surface area contributed by atoms with E-state index in [2.05, 4.69) is 30.1 Å². The van der Waals surface area contributed by atoms with E-state index in [0.29, 0.717) is 0 Å². The van der Waals surface area contributed by atoms with Crippen LogP contribution in [0.25, 0.3) is 11.1 Å². The normalized spacial score (nSPS) is 11.4. The lowest BCUT2D eigenvalue weighted by atomic mass is 10.0. The molecule has 2 N–H and O–H groups in total. The zero-order chi connectivity index (χ0) is 17.0. The molecule has 1 heterocycles. The van der Waals surface area contributed by atoms with E-state index < -0.39 is 0 Å². The number of unbranched alkanes of at least 4 members (excludes halogenated alkanes) is 8. The maximum atomic E-state index is 5.81. The van der Waals surface area contributed by atoms with Gasteiger partial charge >= 0.3 is 0 Å². The van der Waals surface area contributed by atoms with Gasteiger partial charge in [0.15, 0.2) is 11.5 Å². The predicted molar refractivity (Wildman–Crippen MR) is 102 cm³/mol. The average Bonchev–Trinajstić information content (AvgIpc) is 2.99. The third kappa shape index (κ3) is 6.64. The molecule has 0 saturated heterocycles. The Morgan fingerprint density at radius 1 is 0.875 bits per heavy atom. The van der Waals surface area contributed by atoms with Crippen molar-refractivity contribution in [2.24, 2.45) is 5.73 Å². The van der Waals surface area contributed by atoms with Gasteiger partial charge in [0, 0.05) is 6.42 Å². The Kier molecular flexibility index (Phi) is 8.90. The molecule has 0 fully saturated rings. The van der Waals surface area contributed by atoms with Crippen molar-refractivity contribution in [1.29, 1.82) is 0 Å². The summed E-state index contributed by atoms with van der Waals surface area (Å²) in [6.45, 7) is 3.01. The molecule has 0 bridgehead atoms. The van der Waals surface area contributed by atoms with Gasteiger partial charge in [-0.2, -0.15) is 0 Å². The molecule has 134 valence electrons. The lowest BCUT2D eigenvalue weighted by Gasteiger charge is -2.02. The van der Waals surface area contributed by atoms with Gasteiger partial charge in [-0.05, 0) is 49.9 Å². The quantitative estimate of drug-likeness (QED) is 0.473. The summed E-state index contributed by atoms with van der Waals surface area (Å²) in [5, 5.41) is 0. The summed E-state index contributed by atoms with van der Waals surface area (Å²) in [6, 6.07) is 6.47. The van der Waals surface area contributed by atoms with Gasteiger partial charge in [0.1, 0.15) is 5.52 Å². The number of rotatable bonds is 13. The Bertz CT molecular complexity index is 576. The van der Waals surface area contributed by atoms with Gasteiger partial charge in [0.25, 0.3) is 0 Å². The molecule has 2 aromatic rings. The van der Waals surface area contributed by atoms with Crippen molar-refractivity contribution in [3.05, 3.63) is 29.7 Å². The zero-order valence-electron chi connectivity index (χ0n) is 15.4. The smallest absolute Gasteiger partial charge is 0.195 e. The molecule has 0 aliphatic heterocycles. The second-order valence-corrected chi connectivity index (χ2v) is 6.88. The van der Waals surface area contributed by atoms with Gasteiger partial charge in [-0.1, -0.05) is 57.9 Å². The maximum Gasteiger partial charge on any atom is 0.195 e. The van der Waals surface area contributed by atoms with Crippen molar-refractivity contribution in [2.45, 2.75) is 84.0 Å². The Morgan fingerprint density at radius 2 is 1.58 bits per heavy atom. The van der Waals surface area contributed by atoms with Gasteiger partial charge in [0.05, 0.1) is 0 Å². The van der Waals surface area contributed by atoms with Crippen molar-refractivity contribution < 1.29 is 4.42 Å². The molecule has 1 aromatic carbocycles. The first-order valence-electron chi connectivity index (χ1n) is 9.92. The van der Waals surface area contributed by atoms with Crippen LogP contribution in [0.3, 0.4) is 0 Å². The van der Waals surface area contributed by atoms with Gasteiger partial charge in [-0.15, -0.1) is 0 Å². The summed E-state index contributed by atoms with van der Waals surface area (Å²) < 4.78 is 5.81. The van der Waals surface area contributed by atoms with Crippen LogP contribution in [-0.2, 0) is 12.8 Å². The van der Waals surface area contributed by atoms with E-state index in [-0.39, 0.29) is 0 Å². The molecule has 0 spiro atoms. The van der Waals surface area contributed by atoms with Crippen molar-refractivity contribution in [3.8, 4) is 0 Å². The highest BCUT2D eigenvalue weighted by molar-refractivity contribution is 5.73. The van der Waals surface area contributed by atoms with E-state index in [1.165, 1.54) is 56.9 Å². The van der Waals surface area contributed by atoms with Crippen LogP contribution in [0.15, 0.2) is 22.6 Å². The Labute approximate surface area is 147 Å². The van der Waals surface area contributed by atoms with E-state index in [9.17, 15) is 0 Å². The minimum atomic E-state index is 0.739. The summed E-state index contributed by atoms with van der Waals surface area (Å²) in [4.78, 5) is 4.62. The minimum absolute atomic E-state index is 0.739. The van der Waals surface area contributed by atoms with Crippen LogP contribution in [-0.4, -0.2) is 11.5 Å². The second kappa shape index (κ2) is 11.2. The fourth-order valence-electron chi connectivity index (χ4n) is 3.17. The molecule has 2 rings (SSSR count). The van der Waals surface area contributed by atoms with Crippen LogP contribution in [0.5, 0.6) is 0 Å². The minimum Gasteiger partial charge on any atom is -0.441 e. The summed E-state index contributed by atoms with van der Waals surface area (Å²) in [6.07, 6.45) is 15.1. The largest absolute Gasteiger partial charge is 0.441 e. The van der Waals surface area contributed by atoms with Crippen LogP contribution in [0.4, 0.5) is 0 Å². The third-order valence-corrected chi connectivity index (χ3v) is 4.66. The molecule has 0 atom stereocenters. The lowest BCUT2D eigenvalue weighted by molar-refractivity contribution is 0.515. The zero-order valence-corrected chi connectivity index (χ0v) is 15.4. The summed E-state index contributed by atoms with van der Waals surface area (Å²) >= 11 is 0. The molecule has 0 radical (unpaired) electrons. The molecule has 0 unspecified atom stereocenters. The second-order valence-electron chi connectivity index (χ2n) is 6.88. The van der Waals surface area contributed by atoms with E-state index in [4.69, 9.17) is 10.2 Å². The standard InChI is InChI=1S/C21H34N2O/c1-2-3-4-5-6-7-8-9-12-18-14-15-20-19(17-18)23-21(24-20)13-10-11-16-22/h14-15,17H,2-13,16,22H2,1H3. The number of benzene rings is 1. The van der Waals surface area contributed by atoms with Crippen LogP contribution in [0, 0.1) is 0 Å². The number of nitrogens with two attached hydrogens (primary N) is 1. The van der Waals surface area contributed by atoms with E-state index in [1.807, 2.05) is 0 Å². The van der Waals surface area contributed by atoms with Crippen LogP contribution >= 0.6 is 0 Å². The van der Waals surface area contributed by atoms with E-state index in [1.54, 1.807) is 0 Å². The highest BCUT2D eigenvalue weighted by Crippen LogP contribution is 2.20. The molecule has 1 aromatic heterocycles. The first-order chi connectivity index (χ1) is 11.8. The highest BCUT2D eigenvalue weighted by atomic mass is 16.3. The summed E-state index contributed by atoms with van der Waals surface area (Å²) in [7, 11) is 0. The monoisotopic (exact) mass is 330 g/mol. The first-order valence-corrected chi connectivity index (χ1v) is 9.92. The molecule has 3 nitrogen and oxygen atoms in total. The van der Waals surface area contributed by atoms with Gasteiger partial charge in [-0.3, -0.25) is 0 Å². The number of hydrogen-bond acceptors (Lipinski definition) is 3. The molecular formula is C21H34N2O. The number of hydrogen-bond donors (Lipinski definition) is 1. The molecule has 3 heteroatoms. The lowest BCUT2D eigenvalue weighted by Crippen LogP contribution is -1.98. The molecular weight excluding hydrogens is 296 g/mol. The van der Waals surface area contributed by atoms with E-state index >= 15 is 0 Å². The van der Waals surface area contributed by atoms with Crippen LogP contribution in [0.1, 0.15) is 82.6 Å². The molecule has 0 aliphatic rings. The van der Waals surface area contributed by atoms with Gasteiger partial charge in [0.2, 0.25) is 0 Å². The SMILES string of the molecule is CCCCCCCCCCc1ccc2oc(CCCCN)nc2c1. The van der Waals surface area contributed by atoms with Crippen molar-refractivity contribution in [2.75, 3.05) is 6.54 Å². The molecule has 0 amide bonds. The first kappa shape index (κ1) is 19.0. The third-order valence-electron chi connectivity index (χ3n) is 4.66. The molecule has 24 heavy (non-hydrogen) atoms. The van der Waals surface area contributed by atoms with E-state index in [0.717, 1.165) is 49.2 Å². The highest BCUT2D eigenvalue weighted by Gasteiger charge is 2.06. The fraction of sp³-hybridized carbons (Fsp3) is 0.667. The summed E-state index contributed by atoms with van der Waals surface area (Å²) in [5.74, 6) is 0.850. The molecule has 0 aliphatic carbocycles. The van der Waals surface area contributed by atoms with Crippen molar-refractivity contribution >= 4 is 11.1 Å². The van der Waals surface area contributed by atoms with Crippen LogP contribution in [0.2, 0.25) is 0 Å². The number of nitrogens with zero attached hydrogens (tertiary/aromatic N) is 1. The van der Waals surface area contributed by atoms with Gasteiger partial charge in [-0.25, -0.2) is 4.98 Å².